The van der Waals surface area contributed by atoms with Crippen molar-refractivity contribution in [2.24, 2.45) is 0 Å². The van der Waals surface area contributed by atoms with Gasteiger partial charge in [-0.1, -0.05) is 6.58 Å². The maximum absolute atomic E-state index is 8.09. The van der Waals surface area contributed by atoms with Gasteiger partial charge in [0.05, 0.1) is 6.61 Å². The molecule has 0 aromatic heterocycles. The summed E-state index contributed by atoms with van der Waals surface area (Å²) in [5.74, 6) is 0. The minimum absolute atomic E-state index is 0.173. The second kappa shape index (κ2) is 4.50. The van der Waals surface area contributed by atoms with Crippen LogP contribution in [0.2, 0.25) is 0 Å². The number of aliphatic hydroxyl groups is 1. The first-order valence-corrected chi connectivity index (χ1v) is 1.87. The van der Waals surface area contributed by atoms with Crippen molar-refractivity contribution in [1.82, 2.24) is 5.32 Å². The molecule has 0 aliphatic rings. The van der Waals surface area contributed by atoms with Crippen LogP contribution < -0.4 is 5.32 Å². The van der Waals surface area contributed by atoms with Crippen molar-refractivity contribution in [2.75, 3.05) is 13.2 Å². The molecular formula is C4H9NO. The lowest BCUT2D eigenvalue weighted by Gasteiger charge is -1.89. The van der Waals surface area contributed by atoms with Crippen molar-refractivity contribution in [2.45, 2.75) is 0 Å². The van der Waals surface area contributed by atoms with E-state index in [0.717, 1.165) is 0 Å². The predicted molar refractivity (Wildman–Crippen MR) is 25.3 cm³/mol. The van der Waals surface area contributed by atoms with Crippen molar-refractivity contribution in [3.63, 3.8) is 0 Å². The van der Waals surface area contributed by atoms with Crippen LogP contribution in [0.15, 0.2) is 12.8 Å². The summed E-state index contributed by atoms with van der Waals surface area (Å²) < 4.78 is 0. The normalized spacial score (nSPS) is 7.50. The fourth-order valence-electron chi connectivity index (χ4n) is 0.167. The zero-order valence-electron chi connectivity index (χ0n) is 3.65. The SMILES string of the molecule is C=CNCCO. The van der Waals surface area contributed by atoms with Gasteiger partial charge in [0.25, 0.3) is 0 Å². The summed E-state index contributed by atoms with van der Waals surface area (Å²) in [6, 6.07) is 0. The number of nitrogens with one attached hydrogen (secondary N) is 1. The molecule has 0 rings (SSSR count). The molecule has 0 fully saturated rings. The lowest BCUT2D eigenvalue weighted by atomic mass is 10.7. The van der Waals surface area contributed by atoms with E-state index in [1.807, 2.05) is 0 Å². The summed E-state index contributed by atoms with van der Waals surface area (Å²) in [4.78, 5) is 0. The Morgan fingerprint density at radius 2 is 2.50 bits per heavy atom. The fourth-order valence-corrected chi connectivity index (χ4v) is 0.167. The van der Waals surface area contributed by atoms with Gasteiger partial charge in [-0.05, 0) is 6.20 Å². The summed E-state index contributed by atoms with van der Waals surface area (Å²) in [5.41, 5.74) is 0. The molecule has 0 saturated carbocycles. The minimum Gasteiger partial charge on any atom is -0.395 e. The van der Waals surface area contributed by atoms with Crippen molar-refractivity contribution in [3.8, 4) is 0 Å². The Labute approximate surface area is 37.5 Å². The first kappa shape index (κ1) is 5.50. The summed E-state index contributed by atoms with van der Waals surface area (Å²) in [6.07, 6.45) is 1.55. The smallest absolute Gasteiger partial charge is 0.0603 e. The topological polar surface area (TPSA) is 32.3 Å². The van der Waals surface area contributed by atoms with Crippen molar-refractivity contribution >= 4 is 0 Å². The fraction of sp³-hybridized carbons (Fsp3) is 0.500. The average molecular weight is 87.1 g/mol. The lowest BCUT2D eigenvalue weighted by Crippen LogP contribution is -2.09. The van der Waals surface area contributed by atoms with E-state index in [1.54, 1.807) is 6.20 Å². The van der Waals surface area contributed by atoms with E-state index in [4.69, 9.17) is 5.11 Å². The molecule has 0 radical (unpaired) electrons. The van der Waals surface area contributed by atoms with Gasteiger partial charge in [-0.3, -0.25) is 0 Å². The minimum atomic E-state index is 0.173. The number of aliphatic hydroxyl groups excluding tert-OH is 1. The summed E-state index contributed by atoms with van der Waals surface area (Å²) >= 11 is 0. The largest absolute Gasteiger partial charge is 0.395 e. The van der Waals surface area contributed by atoms with Crippen molar-refractivity contribution in [1.29, 1.82) is 0 Å². The molecule has 0 saturated heterocycles. The first-order chi connectivity index (χ1) is 2.91. The van der Waals surface area contributed by atoms with Gasteiger partial charge in [-0.25, -0.2) is 0 Å². The zero-order valence-corrected chi connectivity index (χ0v) is 3.65. The van der Waals surface area contributed by atoms with Crippen LogP contribution >= 0.6 is 0 Å². The molecule has 0 aromatic carbocycles. The molecule has 2 heteroatoms. The van der Waals surface area contributed by atoms with Crippen LogP contribution in [-0.2, 0) is 0 Å². The van der Waals surface area contributed by atoms with E-state index in [9.17, 15) is 0 Å². The monoisotopic (exact) mass is 87.1 g/mol. The Bertz CT molecular complexity index is 36.5. The van der Waals surface area contributed by atoms with Crippen LogP contribution in [0.5, 0.6) is 0 Å². The van der Waals surface area contributed by atoms with E-state index in [2.05, 4.69) is 11.9 Å². The van der Waals surface area contributed by atoms with Crippen LogP contribution in [0.4, 0.5) is 0 Å². The highest BCUT2D eigenvalue weighted by Gasteiger charge is 1.67. The van der Waals surface area contributed by atoms with E-state index in [1.165, 1.54) is 0 Å². The molecule has 0 atom stereocenters. The molecule has 6 heavy (non-hydrogen) atoms. The van der Waals surface area contributed by atoms with E-state index >= 15 is 0 Å². The molecule has 0 aromatic rings. The molecule has 0 bridgehead atoms. The molecule has 0 amide bonds. The Balaban J connectivity index is 2.49. The summed E-state index contributed by atoms with van der Waals surface area (Å²) in [5, 5.41) is 10.8. The number of hydrogen-bond acceptors (Lipinski definition) is 2. The predicted octanol–water partition coefficient (Wildman–Crippen LogP) is -0.288. The molecule has 0 aliphatic heterocycles. The molecule has 0 aliphatic carbocycles. The Hall–Kier alpha value is -0.500. The molecule has 2 nitrogen and oxygen atoms in total. The summed E-state index contributed by atoms with van der Waals surface area (Å²) in [6.45, 7) is 4.15. The molecular weight excluding hydrogens is 78.0 g/mol. The highest BCUT2D eigenvalue weighted by Crippen LogP contribution is 1.51. The third-order valence-electron chi connectivity index (χ3n) is 0.400. The van der Waals surface area contributed by atoms with E-state index in [0.29, 0.717) is 6.54 Å². The maximum atomic E-state index is 8.09. The van der Waals surface area contributed by atoms with Crippen molar-refractivity contribution in [3.05, 3.63) is 12.8 Å². The quantitative estimate of drug-likeness (QED) is 0.464. The Kier molecular flexibility index (Phi) is 4.12. The van der Waals surface area contributed by atoms with Gasteiger partial charge in [0.1, 0.15) is 0 Å². The lowest BCUT2D eigenvalue weighted by molar-refractivity contribution is 0.298. The highest BCUT2D eigenvalue weighted by molar-refractivity contribution is 4.60. The van der Waals surface area contributed by atoms with Gasteiger partial charge in [-0.15, -0.1) is 0 Å². The van der Waals surface area contributed by atoms with Crippen molar-refractivity contribution < 1.29 is 5.11 Å². The van der Waals surface area contributed by atoms with Gasteiger partial charge >= 0.3 is 0 Å². The molecule has 2 N–H and O–H groups in total. The third-order valence-corrected chi connectivity index (χ3v) is 0.400. The standard InChI is InChI=1S/C4H9NO/c1-2-5-3-4-6/h2,5-6H,1,3-4H2. The van der Waals surface area contributed by atoms with Crippen LogP contribution in [-0.4, -0.2) is 18.3 Å². The van der Waals surface area contributed by atoms with E-state index in [-0.39, 0.29) is 6.61 Å². The van der Waals surface area contributed by atoms with Gasteiger partial charge < -0.3 is 10.4 Å². The van der Waals surface area contributed by atoms with E-state index < -0.39 is 0 Å². The van der Waals surface area contributed by atoms with Crippen LogP contribution in [0.25, 0.3) is 0 Å². The third kappa shape index (κ3) is 3.50. The van der Waals surface area contributed by atoms with Crippen LogP contribution in [0.1, 0.15) is 0 Å². The van der Waals surface area contributed by atoms with Gasteiger partial charge in [0.15, 0.2) is 0 Å². The molecule has 0 unspecified atom stereocenters. The Morgan fingerprint density at radius 1 is 1.83 bits per heavy atom. The molecule has 0 spiro atoms. The highest BCUT2D eigenvalue weighted by atomic mass is 16.3. The molecule has 36 valence electrons. The molecule has 0 heterocycles. The second-order valence-electron chi connectivity index (χ2n) is 0.882. The summed E-state index contributed by atoms with van der Waals surface area (Å²) in [7, 11) is 0. The zero-order chi connectivity index (χ0) is 4.83. The second-order valence-corrected chi connectivity index (χ2v) is 0.882. The maximum Gasteiger partial charge on any atom is 0.0603 e. The number of hydrogen-bond donors (Lipinski definition) is 2. The van der Waals surface area contributed by atoms with Crippen LogP contribution in [0, 0.1) is 0 Å². The first-order valence-electron chi connectivity index (χ1n) is 1.87. The van der Waals surface area contributed by atoms with Gasteiger partial charge in [0, 0.05) is 6.54 Å². The average Bonchev–Trinajstić information content (AvgIpc) is 1.61. The number of rotatable bonds is 3. The van der Waals surface area contributed by atoms with Crippen LogP contribution in [0.3, 0.4) is 0 Å². The van der Waals surface area contributed by atoms with Gasteiger partial charge in [-0.2, -0.15) is 0 Å². The van der Waals surface area contributed by atoms with Gasteiger partial charge in [0.2, 0.25) is 0 Å². The Morgan fingerprint density at radius 3 is 2.67 bits per heavy atom.